The number of rotatable bonds is 3. The molecule has 0 aliphatic carbocycles. The average Bonchev–Trinajstić information content (AvgIpc) is 3.05. The highest BCUT2D eigenvalue weighted by Crippen LogP contribution is 2.11. The van der Waals surface area contributed by atoms with Gasteiger partial charge >= 0.3 is 11.7 Å². The zero-order chi connectivity index (χ0) is 22.0. The number of fused-ring (bicyclic) bond motifs is 1. The Hall–Kier alpha value is -4.00. The van der Waals surface area contributed by atoms with Gasteiger partial charge in [0.15, 0.2) is 22.8 Å². The molecule has 0 saturated heterocycles. The third-order valence-electron chi connectivity index (χ3n) is 4.35. The first-order valence-corrected chi connectivity index (χ1v) is 8.60. The maximum absolute atomic E-state index is 13.3. The maximum Gasteiger partial charge on any atom is 0.333 e. The van der Waals surface area contributed by atoms with Gasteiger partial charge in [-0.15, -0.1) is 0 Å². The summed E-state index contributed by atoms with van der Waals surface area (Å²) in [5, 5.41) is 0. The van der Waals surface area contributed by atoms with E-state index in [-0.39, 0.29) is 29.1 Å². The summed E-state index contributed by atoms with van der Waals surface area (Å²) in [4.78, 5) is 40.8. The summed E-state index contributed by atoms with van der Waals surface area (Å²) in [7, 11) is 4.11. The van der Waals surface area contributed by atoms with Gasteiger partial charge in [-0.05, 0) is 24.3 Å². The number of benzene rings is 1. The van der Waals surface area contributed by atoms with E-state index in [4.69, 9.17) is 0 Å². The summed E-state index contributed by atoms with van der Waals surface area (Å²) in [5.41, 5.74) is -0.766. The number of carbonyl (C=O) groups excluding carboxylic acids is 1. The third kappa shape index (κ3) is 3.77. The van der Waals surface area contributed by atoms with Crippen LogP contribution in [0.15, 0.2) is 33.9 Å². The van der Waals surface area contributed by atoms with E-state index < -0.39 is 28.9 Å². The lowest BCUT2D eigenvalue weighted by Crippen LogP contribution is -2.38. The van der Waals surface area contributed by atoms with Crippen LogP contribution in [0.2, 0.25) is 0 Å². The molecule has 0 bridgehead atoms. The minimum Gasteiger partial charge on any atom is -0.466 e. The summed E-state index contributed by atoms with van der Waals surface area (Å²) in [5.74, 6) is 2.97. The summed E-state index contributed by atoms with van der Waals surface area (Å²) < 4.78 is 34.4. The van der Waals surface area contributed by atoms with Crippen molar-refractivity contribution in [3.05, 3.63) is 68.1 Å². The second kappa shape index (κ2) is 8.16. The van der Waals surface area contributed by atoms with Crippen LogP contribution in [0.4, 0.5) is 8.78 Å². The molecule has 30 heavy (non-hydrogen) atoms. The molecule has 154 valence electrons. The number of aryl methyl sites for hydroxylation is 1. The smallest absolute Gasteiger partial charge is 0.333 e. The van der Waals surface area contributed by atoms with E-state index >= 15 is 0 Å². The minimum absolute atomic E-state index is 0.0784. The zero-order valence-corrected chi connectivity index (χ0v) is 16.3. The molecule has 2 aromatic heterocycles. The predicted octanol–water partition coefficient (Wildman–Crippen LogP) is 0.950. The molecule has 1 aromatic carbocycles. The summed E-state index contributed by atoms with van der Waals surface area (Å²) >= 11 is 0. The van der Waals surface area contributed by atoms with E-state index in [0.29, 0.717) is 0 Å². The van der Waals surface area contributed by atoms with E-state index in [1.807, 2.05) is 0 Å². The van der Waals surface area contributed by atoms with Crippen LogP contribution in [0.25, 0.3) is 17.2 Å². The number of hydrogen-bond acceptors (Lipinski definition) is 5. The van der Waals surface area contributed by atoms with Crippen LogP contribution in [0.1, 0.15) is 11.4 Å². The number of esters is 1. The van der Waals surface area contributed by atoms with E-state index in [0.717, 1.165) is 22.8 Å². The van der Waals surface area contributed by atoms with Crippen LogP contribution < -0.4 is 11.2 Å². The molecule has 8 nitrogen and oxygen atoms in total. The molecule has 3 aromatic rings. The Labute approximate surface area is 168 Å². The summed E-state index contributed by atoms with van der Waals surface area (Å²) in [6.07, 6.45) is 2.49. The molecule has 0 radical (unpaired) electrons. The third-order valence-corrected chi connectivity index (χ3v) is 4.35. The van der Waals surface area contributed by atoms with E-state index in [2.05, 4.69) is 21.6 Å². The Kier molecular flexibility index (Phi) is 5.64. The molecule has 0 aliphatic rings. The number of carbonyl (C=O) groups is 1. The fourth-order valence-electron chi connectivity index (χ4n) is 2.74. The molecule has 0 fully saturated rings. The molecule has 2 heterocycles. The average molecular weight is 414 g/mol. The lowest BCUT2D eigenvalue weighted by Gasteiger charge is -2.05. The normalized spacial score (nSPS) is 11.0. The van der Waals surface area contributed by atoms with Gasteiger partial charge < -0.3 is 9.30 Å². The minimum atomic E-state index is -1.03. The number of halogens is 2. The van der Waals surface area contributed by atoms with Gasteiger partial charge in [0.2, 0.25) is 0 Å². The number of imidazole rings is 1. The molecule has 0 saturated carbocycles. The molecule has 0 unspecified atom stereocenters. The molecule has 0 N–H and O–H groups in total. The molecular formula is C20H16F2N4O4. The Bertz CT molecular complexity index is 1370. The van der Waals surface area contributed by atoms with Crippen molar-refractivity contribution in [2.24, 2.45) is 14.1 Å². The van der Waals surface area contributed by atoms with Crippen molar-refractivity contribution in [2.45, 2.75) is 6.54 Å². The van der Waals surface area contributed by atoms with Crippen molar-refractivity contribution in [3.8, 4) is 11.8 Å². The van der Waals surface area contributed by atoms with Crippen LogP contribution in [0.3, 0.4) is 0 Å². The predicted molar refractivity (Wildman–Crippen MR) is 105 cm³/mol. The SMILES string of the molecule is COC(=O)/C=C/c1nc2c(c(=O)n(C)c(=O)n2CC#Cc2ccc(F)c(F)c2)n1C. The van der Waals surface area contributed by atoms with Gasteiger partial charge in [0.05, 0.1) is 13.7 Å². The van der Waals surface area contributed by atoms with Crippen LogP contribution in [-0.4, -0.2) is 31.8 Å². The summed E-state index contributed by atoms with van der Waals surface area (Å²) in [6.45, 7) is -0.153. The molecule has 10 heteroatoms. The lowest BCUT2D eigenvalue weighted by atomic mass is 10.2. The van der Waals surface area contributed by atoms with E-state index in [9.17, 15) is 23.2 Å². The van der Waals surface area contributed by atoms with Gasteiger partial charge in [0, 0.05) is 25.7 Å². The van der Waals surface area contributed by atoms with Gasteiger partial charge in [0.1, 0.15) is 5.82 Å². The number of ether oxygens (including phenoxy) is 1. The van der Waals surface area contributed by atoms with E-state index in [1.54, 1.807) is 7.05 Å². The van der Waals surface area contributed by atoms with Gasteiger partial charge in [-0.25, -0.2) is 23.4 Å². The van der Waals surface area contributed by atoms with Crippen molar-refractivity contribution < 1.29 is 18.3 Å². The van der Waals surface area contributed by atoms with Crippen LogP contribution >= 0.6 is 0 Å². The molecule has 3 rings (SSSR count). The van der Waals surface area contributed by atoms with Crippen molar-refractivity contribution in [3.63, 3.8) is 0 Å². The highest BCUT2D eigenvalue weighted by Gasteiger charge is 2.17. The standard InChI is InChI=1S/C20H16F2N4O4/c1-24-15(8-9-16(27)30-3)23-18-17(24)19(28)25(2)20(29)26(18)10-4-5-12-6-7-13(21)14(22)11-12/h6-9,11H,10H2,1-3H3/b9-8+. The lowest BCUT2D eigenvalue weighted by molar-refractivity contribution is -0.134. The first-order valence-electron chi connectivity index (χ1n) is 8.60. The highest BCUT2D eigenvalue weighted by atomic mass is 19.2. The fourth-order valence-corrected chi connectivity index (χ4v) is 2.74. The first-order chi connectivity index (χ1) is 14.2. The van der Waals surface area contributed by atoms with Gasteiger partial charge in [-0.3, -0.25) is 13.9 Å². The van der Waals surface area contributed by atoms with Gasteiger partial charge in [-0.2, -0.15) is 0 Å². The molecule has 0 spiro atoms. The topological polar surface area (TPSA) is 88.1 Å². The second-order valence-corrected chi connectivity index (χ2v) is 6.22. The van der Waals surface area contributed by atoms with E-state index in [1.165, 1.54) is 35.4 Å². The molecule has 0 amide bonds. The van der Waals surface area contributed by atoms with Crippen molar-refractivity contribution >= 4 is 23.2 Å². The Morgan fingerprint density at radius 3 is 2.60 bits per heavy atom. The molecule has 0 atom stereocenters. The fraction of sp³-hybridized carbons (Fsp3) is 0.200. The van der Waals surface area contributed by atoms with Crippen molar-refractivity contribution in [2.75, 3.05) is 7.11 Å². The highest BCUT2D eigenvalue weighted by molar-refractivity contribution is 5.87. The Morgan fingerprint density at radius 2 is 1.93 bits per heavy atom. The first kappa shape index (κ1) is 20.7. The monoisotopic (exact) mass is 414 g/mol. The molecule has 0 aliphatic heterocycles. The molecular weight excluding hydrogens is 398 g/mol. The van der Waals surface area contributed by atoms with Crippen molar-refractivity contribution in [1.29, 1.82) is 0 Å². The van der Waals surface area contributed by atoms with Crippen molar-refractivity contribution in [1.82, 2.24) is 18.7 Å². The van der Waals surface area contributed by atoms with Gasteiger partial charge in [-0.1, -0.05) is 11.8 Å². The van der Waals surface area contributed by atoms with Crippen LogP contribution in [0.5, 0.6) is 0 Å². The quantitative estimate of drug-likeness (QED) is 0.362. The maximum atomic E-state index is 13.3. The number of hydrogen-bond donors (Lipinski definition) is 0. The largest absolute Gasteiger partial charge is 0.466 e. The second-order valence-electron chi connectivity index (χ2n) is 6.22. The van der Waals surface area contributed by atoms with Crippen LogP contribution in [-0.2, 0) is 30.2 Å². The van der Waals surface area contributed by atoms with Gasteiger partial charge in [0.25, 0.3) is 5.56 Å². The Balaban J connectivity index is 2.10. The number of methoxy groups -OCH3 is 1. The zero-order valence-electron chi connectivity index (χ0n) is 16.3. The summed E-state index contributed by atoms with van der Waals surface area (Å²) in [6, 6.07) is 3.20. The Morgan fingerprint density at radius 1 is 1.20 bits per heavy atom. The number of nitrogens with zero attached hydrogens (tertiary/aromatic N) is 4. The number of aromatic nitrogens is 4. The van der Waals surface area contributed by atoms with Crippen LogP contribution in [0, 0.1) is 23.5 Å².